The number of nitrogens with one attached hydrogen (secondary N) is 2. The number of hydrogen-bond donors (Lipinski definition) is 2. The van der Waals surface area contributed by atoms with Gasteiger partial charge in [0.25, 0.3) is 0 Å². The van der Waals surface area contributed by atoms with Crippen molar-refractivity contribution in [1.82, 2.24) is 15.6 Å². The Morgan fingerprint density at radius 1 is 1.23 bits per heavy atom. The number of guanidine groups is 1. The molecule has 6 heteroatoms. The summed E-state index contributed by atoms with van der Waals surface area (Å²) in [4.78, 5) is 8.89. The molecule has 0 bridgehead atoms. The first-order valence-corrected chi connectivity index (χ1v) is 7.90. The SMILES string of the molecule is CCNC(=NCc1cccc(OC)n1)NCCCCOCC. The van der Waals surface area contributed by atoms with Crippen molar-refractivity contribution in [1.29, 1.82) is 0 Å². The highest BCUT2D eigenvalue weighted by Crippen LogP contribution is 2.07. The second-order valence-electron chi connectivity index (χ2n) is 4.70. The molecule has 0 spiro atoms. The van der Waals surface area contributed by atoms with Gasteiger partial charge in [0.1, 0.15) is 0 Å². The minimum absolute atomic E-state index is 0.519. The van der Waals surface area contributed by atoms with Gasteiger partial charge >= 0.3 is 0 Å². The van der Waals surface area contributed by atoms with E-state index in [0.29, 0.717) is 12.4 Å². The third kappa shape index (κ3) is 7.83. The Morgan fingerprint density at radius 3 is 2.82 bits per heavy atom. The van der Waals surface area contributed by atoms with Crippen molar-refractivity contribution in [3.05, 3.63) is 23.9 Å². The van der Waals surface area contributed by atoms with E-state index in [1.165, 1.54) is 0 Å². The average Bonchev–Trinajstić information content (AvgIpc) is 2.56. The van der Waals surface area contributed by atoms with Gasteiger partial charge in [0.2, 0.25) is 5.88 Å². The first-order valence-electron chi connectivity index (χ1n) is 7.90. The summed E-state index contributed by atoms with van der Waals surface area (Å²) in [5.74, 6) is 1.42. The number of nitrogens with zero attached hydrogens (tertiary/aromatic N) is 2. The zero-order chi connectivity index (χ0) is 16.0. The van der Waals surface area contributed by atoms with Gasteiger partial charge in [-0.3, -0.25) is 0 Å². The Bertz CT molecular complexity index is 438. The summed E-state index contributed by atoms with van der Waals surface area (Å²) in [5, 5.41) is 6.55. The van der Waals surface area contributed by atoms with E-state index >= 15 is 0 Å². The topological polar surface area (TPSA) is 67.8 Å². The van der Waals surface area contributed by atoms with Crippen LogP contribution in [0.5, 0.6) is 5.88 Å². The maximum atomic E-state index is 5.32. The fourth-order valence-electron chi connectivity index (χ4n) is 1.84. The van der Waals surface area contributed by atoms with Gasteiger partial charge in [-0.2, -0.15) is 0 Å². The first-order chi connectivity index (χ1) is 10.8. The number of unbranched alkanes of at least 4 members (excludes halogenated alkanes) is 1. The third-order valence-electron chi connectivity index (χ3n) is 2.95. The number of aromatic nitrogens is 1. The molecule has 0 saturated heterocycles. The Balaban J connectivity index is 2.40. The van der Waals surface area contributed by atoms with Crippen LogP contribution < -0.4 is 15.4 Å². The summed E-state index contributed by atoms with van der Waals surface area (Å²) in [6.07, 6.45) is 2.11. The van der Waals surface area contributed by atoms with Crippen LogP contribution in [0.15, 0.2) is 23.2 Å². The Hall–Kier alpha value is -1.82. The molecule has 0 fully saturated rings. The van der Waals surface area contributed by atoms with Gasteiger partial charge in [0, 0.05) is 32.4 Å². The molecule has 1 rings (SSSR count). The van der Waals surface area contributed by atoms with Crippen LogP contribution in [0.1, 0.15) is 32.4 Å². The molecular weight excluding hydrogens is 280 g/mol. The van der Waals surface area contributed by atoms with Crippen LogP contribution in [0.25, 0.3) is 0 Å². The summed E-state index contributed by atoms with van der Waals surface area (Å²) in [5.41, 5.74) is 0.882. The molecule has 0 unspecified atom stereocenters. The third-order valence-corrected chi connectivity index (χ3v) is 2.95. The quantitative estimate of drug-likeness (QED) is 0.393. The van der Waals surface area contributed by atoms with Gasteiger partial charge in [-0.25, -0.2) is 9.98 Å². The maximum Gasteiger partial charge on any atom is 0.213 e. The van der Waals surface area contributed by atoms with Gasteiger partial charge in [-0.1, -0.05) is 6.07 Å². The van der Waals surface area contributed by atoms with Gasteiger partial charge in [0.05, 0.1) is 19.3 Å². The van der Waals surface area contributed by atoms with Crippen LogP contribution in [-0.2, 0) is 11.3 Å². The van der Waals surface area contributed by atoms with Crippen molar-refractivity contribution in [2.75, 3.05) is 33.4 Å². The lowest BCUT2D eigenvalue weighted by atomic mass is 10.3. The number of rotatable bonds is 10. The van der Waals surface area contributed by atoms with E-state index in [0.717, 1.165) is 50.8 Å². The van der Waals surface area contributed by atoms with Gasteiger partial charge in [-0.15, -0.1) is 0 Å². The fourth-order valence-corrected chi connectivity index (χ4v) is 1.84. The van der Waals surface area contributed by atoms with Gasteiger partial charge in [0.15, 0.2) is 5.96 Å². The molecule has 22 heavy (non-hydrogen) atoms. The number of hydrogen-bond acceptors (Lipinski definition) is 4. The van der Waals surface area contributed by atoms with Crippen LogP contribution in [0.4, 0.5) is 0 Å². The van der Waals surface area contributed by atoms with E-state index in [9.17, 15) is 0 Å². The molecule has 0 aromatic carbocycles. The molecular formula is C16H28N4O2. The molecule has 1 aromatic rings. The number of aliphatic imine (C=N–C) groups is 1. The summed E-state index contributed by atoms with van der Waals surface area (Å²) in [6, 6.07) is 5.69. The number of methoxy groups -OCH3 is 1. The second kappa shape index (κ2) is 11.8. The molecule has 0 radical (unpaired) electrons. The predicted octanol–water partition coefficient (Wildman–Crippen LogP) is 1.96. The van der Waals surface area contributed by atoms with Crippen LogP contribution in [0, 0.1) is 0 Å². The molecule has 0 atom stereocenters. The lowest BCUT2D eigenvalue weighted by Gasteiger charge is -2.11. The van der Waals surface area contributed by atoms with Crippen LogP contribution in [0.3, 0.4) is 0 Å². The van der Waals surface area contributed by atoms with E-state index in [1.807, 2.05) is 25.1 Å². The minimum Gasteiger partial charge on any atom is -0.481 e. The first kappa shape index (κ1) is 18.2. The smallest absolute Gasteiger partial charge is 0.213 e. The van der Waals surface area contributed by atoms with Crippen molar-refractivity contribution in [3.63, 3.8) is 0 Å². The van der Waals surface area contributed by atoms with Crippen molar-refractivity contribution in [2.45, 2.75) is 33.2 Å². The standard InChI is InChI=1S/C16H28N4O2/c1-4-17-16(18-11-6-7-12-22-5-2)19-13-14-9-8-10-15(20-14)21-3/h8-10H,4-7,11-13H2,1-3H3,(H2,17,18,19). The molecule has 0 aliphatic heterocycles. The van der Waals surface area contributed by atoms with E-state index in [1.54, 1.807) is 7.11 Å². The predicted molar refractivity (Wildman–Crippen MR) is 89.3 cm³/mol. The monoisotopic (exact) mass is 308 g/mol. The van der Waals surface area contributed by atoms with Crippen molar-refractivity contribution >= 4 is 5.96 Å². The molecule has 0 aliphatic carbocycles. The van der Waals surface area contributed by atoms with E-state index in [4.69, 9.17) is 9.47 Å². The molecule has 0 aliphatic rings. The van der Waals surface area contributed by atoms with Crippen LogP contribution >= 0.6 is 0 Å². The largest absolute Gasteiger partial charge is 0.481 e. The lowest BCUT2D eigenvalue weighted by molar-refractivity contribution is 0.143. The zero-order valence-corrected chi connectivity index (χ0v) is 13.9. The van der Waals surface area contributed by atoms with Crippen LogP contribution in [0.2, 0.25) is 0 Å². The molecule has 0 saturated carbocycles. The lowest BCUT2D eigenvalue weighted by Crippen LogP contribution is -2.37. The van der Waals surface area contributed by atoms with Crippen molar-refractivity contribution in [2.24, 2.45) is 4.99 Å². The van der Waals surface area contributed by atoms with E-state index < -0.39 is 0 Å². The highest BCUT2D eigenvalue weighted by Gasteiger charge is 1.99. The molecule has 1 heterocycles. The molecule has 124 valence electrons. The Morgan fingerprint density at radius 2 is 2.09 bits per heavy atom. The molecule has 2 N–H and O–H groups in total. The Labute approximate surface area is 133 Å². The number of pyridine rings is 1. The minimum atomic E-state index is 0.519. The zero-order valence-electron chi connectivity index (χ0n) is 13.9. The number of ether oxygens (including phenoxy) is 2. The van der Waals surface area contributed by atoms with E-state index in [-0.39, 0.29) is 0 Å². The summed E-state index contributed by atoms with van der Waals surface area (Å²) >= 11 is 0. The fraction of sp³-hybridized carbons (Fsp3) is 0.625. The van der Waals surface area contributed by atoms with Crippen LogP contribution in [-0.4, -0.2) is 44.4 Å². The maximum absolute atomic E-state index is 5.32. The normalized spacial score (nSPS) is 11.3. The van der Waals surface area contributed by atoms with Crippen molar-refractivity contribution < 1.29 is 9.47 Å². The summed E-state index contributed by atoms with van der Waals surface area (Å²) < 4.78 is 10.4. The average molecular weight is 308 g/mol. The van der Waals surface area contributed by atoms with Gasteiger partial charge in [-0.05, 0) is 32.8 Å². The van der Waals surface area contributed by atoms with Gasteiger partial charge < -0.3 is 20.1 Å². The highest BCUT2D eigenvalue weighted by atomic mass is 16.5. The highest BCUT2D eigenvalue weighted by molar-refractivity contribution is 5.79. The summed E-state index contributed by atoms with van der Waals surface area (Å²) in [6.45, 7) is 7.90. The molecule has 0 amide bonds. The molecule has 6 nitrogen and oxygen atoms in total. The second-order valence-corrected chi connectivity index (χ2v) is 4.70. The Kier molecular flexibility index (Phi) is 9.78. The molecule has 1 aromatic heterocycles. The van der Waals surface area contributed by atoms with E-state index in [2.05, 4.69) is 27.5 Å². The summed E-state index contributed by atoms with van der Waals surface area (Å²) in [7, 11) is 1.61. The van der Waals surface area contributed by atoms with Crippen molar-refractivity contribution in [3.8, 4) is 5.88 Å².